The Balaban J connectivity index is 1.68. The number of carbonyl (C=O) groups is 3. The van der Waals surface area contributed by atoms with Crippen molar-refractivity contribution in [2.45, 2.75) is 69.5 Å². The van der Waals surface area contributed by atoms with Crippen molar-refractivity contribution in [1.29, 1.82) is 0 Å². The van der Waals surface area contributed by atoms with Crippen molar-refractivity contribution in [3.8, 4) is 5.75 Å². The molecule has 1 aromatic carbocycles. The Morgan fingerprint density at radius 3 is 2.39 bits per heavy atom. The first-order valence-corrected chi connectivity index (χ1v) is 14.1. The summed E-state index contributed by atoms with van der Waals surface area (Å²) in [6.45, 7) is 2.64. The number of amides is 3. The summed E-state index contributed by atoms with van der Waals surface area (Å²) < 4.78 is 0.856. The molecule has 0 unspecified atom stereocenters. The summed E-state index contributed by atoms with van der Waals surface area (Å²) in [6, 6.07) is 4.88. The molecule has 2 saturated heterocycles. The highest BCUT2D eigenvalue weighted by Gasteiger charge is 2.54. The van der Waals surface area contributed by atoms with E-state index in [9.17, 15) is 19.5 Å². The molecule has 0 saturated carbocycles. The molecule has 38 heavy (non-hydrogen) atoms. The van der Waals surface area contributed by atoms with Crippen molar-refractivity contribution in [2.75, 3.05) is 54.9 Å². The van der Waals surface area contributed by atoms with Gasteiger partial charge in [-0.15, -0.1) is 0 Å². The molecule has 3 rings (SSSR count). The van der Waals surface area contributed by atoms with Gasteiger partial charge in [0.25, 0.3) is 0 Å². The van der Waals surface area contributed by atoms with E-state index in [-0.39, 0.29) is 23.5 Å². The van der Waals surface area contributed by atoms with Crippen LogP contribution in [0.2, 0.25) is 0 Å². The standard InChI is InChI=1S/C29H47N5O4/c1-32(2)18-10-7-6-9-17-30-27(36)23-20-25-28(37)31-24(12-8-11-19-34(3,4)5)29(38)33(25)26(23)21-13-15-22(35)16-14-21/h13-16,23-26H,6-12,17-20H2,1-5H3,(H2-,30,31,35,36,37)/p+1/t23-,24-,25-,26-/m0/s1. The molecular weight excluding hydrogens is 482 g/mol. The second-order valence-electron chi connectivity index (χ2n) is 12.2. The summed E-state index contributed by atoms with van der Waals surface area (Å²) >= 11 is 0. The summed E-state index contributed by atoms with van der Waals surface area (Å²) in [6.07, 6.45) is 6.89. The van der Waals surface area contributed by atoms with Crippen LogP contribution in [0.1, 0.15) is 63.0 Å². The first-order valence-electron chi connectivity index (χ1n) is 14.1. The number of nitrogens with zero attached hydrogens (tertiary/aromatic N) is 3. The monoisotopic (exact) mass is 530 g/mol. The van der Waals surface area contributed by atoms with Gasteiger partial charge in [0.1, 0.15) is 17.8 Å². The van der Waals surface area contributed by atoms with Crippen LogP contribution in [0.3, 0.4) is 0 Å². The van der Waals surface area contributed by atoms with Crippen LogP contribution in [0.15, 0.2) is 24.3 Å². The van der Waals surface area contributed by atoms with E-state index >= 15 is 0 Å². The molecule has 0 bridgehead atoms. The predicted octanol–water partition coefficient (Wildman–Crippen LogP) is 2.26. The molecule has 0 radical (unpaired) electrons. The summed E-state index contributed by atoms with van der Waals surface area (Å²) in [7, 11) is 10.6. The van der Waals surface area contributed by atoms with Gasteiger partial charge in [-0.2, -0.15) is 0 Å². The first kappa shape index (κ1) is 29.9. The Hall–Kier alpha value is -2.65. The maximum Gasteiger partial charge on any atom is 0.246 e. The molecule has 3 amide bonds. The smallest absolute Gasteiger partial charge is 0.246 e. The number of piperazine rings is 1. The first-order chi connectivity index (χ1) is 18.0. The summed E-state index contributed by atoms with van der Waals surface area (Å²) in [5, 5.41) is 15.8. The van der Waals surface area contributed by atoms with E-state index in [1.54, 1.807) is 29.2 Å². The molecule has 0 aliphatic carbocycles. The Kier molecular flexibility index (Phi) is 10.6. The van der Waals surface area contributed by atoms with Gasteiger partial charge in [-0.25, -0.2) is 0 Å². The van der Waals surface area contributed by atoms with Gasteiger partial charge >= 0.3 is 0 Å². The Morgan fingerprint density at radius 2 is 1.74 bits per heavy atom. The van der Waals surface area contributed by atoms with Crippen molar-refractivity contribution in [3.63, 3.8) is 0 Å². The molecule has 4 atom stereocenters. The molecule has 0 spiro atoms. The van der Waals surface area contributed by atoms with Crippen LogP contribution in [0.4, 0.5) is 0 Å². The van der Waals surface area contributed by atoms with Crippen LogP contribution in [0.5, 0.6) is 5.75 Å². The Bertz CT molecular complexity index is 943. The number of fused-ring (bicyclic) bond motifs is 1. The minimum absolute atomic E-state index is 0.117. The number of hydrogen-bond donors (Lipinski definition) is 3. The quantitative estimate of drug-likeness (QED) is 0.253. The van der Waals surface area contributed by atoms with Crippen LogP contribution in [-0.4, -0.2) is 104 Å². The van der Waals surface area contributed by atoms with Gasteiger partial charge in [-0.1, -0.05) is 25.0 Å². The number of rotatable bonds is 14. The lowest BCUT2D eigenvalue weighted by molar-refractivity contribution is -0.870. The van der Waals surface area contributed by atoms with E-state index in [0.29, 0.717) is 19.4 Å². The topological polar surface area (TPSA) is 102 Å². The average molecular weight is 531 g/mol. The summed E-state index contributed by atoms with van der Waals surface area (Å²) in [5.74, 6) is -0.817. The van der Waals surface area contributed by atoms with E-state index in [0.717, 1.165) is 61.7 Å². The average Bonchev–Trinajstić information content (AvgIpc) is 3.25. The fraction of sp³-hybridized carbons (Fsp3) is 0.690. The lowest BCUT2D eigenvalue weighted by Gasteiger charge is -2.38. The third-order valence-electron chi connectivity index (χ3n) is 7.64. The molecule has 1 aromatic rings. The molecule has 2 aliphatic heterocycles. The van der Waals surface area contributed by atoms with Crippen LogP contribution in [0, 0.1) is 5.92 Å². The molecule has 2 fully saturated rings. The number of carbonyl (C=O) groups excluding carboxylic acids is 3. The van der Waals surface area contributed by atoms with Gasteiger partial charge in [0.15, 0.2) is 0 Å². The maximum absolute atomic E-state index is 13.7. The molecule has 9 heteroatoms. The number of benzene rings is 1. The van der Waals surface area contributed by atoms with Gasteiger partial charge in [0.2, 0.25) is 17.7 Å². The van der Waals surface area contributed by atoms with Gasteiger partial charge in [-0.3, -0.25) is 14.4 Å². The van der Waals surface area contributed by atoms with E-state index in [1.807, 2.05) is 0 Å². The minimum Gasteiger partial charge on any atom is -0.508 e. The zero-order valence-corrected chi connectivity index (χ0v) is 23.9. The van der Waals surface area contributed by atoms with Crippen molar-refractivity contribution < 1.29 is 24.0 Å². The molecular formula is C29H48N5O4+. The fourth-order valence-corrected chi connectivity index (χ4v) is 5.60. The number of nitrogens with one attached hydrogen (secondary N) is 2. The van der Waals surface area contributed by atoms with E-state index in [2.05, 4.69) is 50.8 Å². The van der Waals surface area contributed by atoms with Gasteiger partial charge in [0, 0.05) is 6.54 Å². The Morgan fingerprint density at radius 1 is 1.05 bits per heavy atom. The van der Waals surface area contributed by atoms with Crippen molar-refractivity contribution in [3.05, 3.63) is 29.8 Å². The normalized spacial score (nSPS) is 23.5. The van der Waals surface area contributed by atoms with Crippen LogP contribution >= 0.6 is 0 Å². The fourth-order valence-electron chi connectivity index (χ4n) is 5.60. The minimum atomic E-state index is -0.662. The molecule has 212 valence electrons. The highest BCUT2D eigenvalue weighted by molar-refractivity contribution is 5.99. The second kappa shape index (κ2) is 13.4. The zero-order valence-electron chi connectivity index (χ0n) is 23.9. The highest BCUT2D eigenvalue weighted by Crippen LogP contribution is 2.43. The molecule has 2 heterocycles. The molecule has 3 N–H and O–H groups in total. The van der Waals surface area contributed by atoms with Gasteiger partial charge < -0.3 is 30.0 Å². The van der Waals surface area contributed by atoms with Crippen molar-refractivity contribution >= 4 is 17.7 Å². The summed E-state index contributed by atoms with van der Waals surface area (Å²) in [4.78, 5) is 44.0. The largest absolute Gasteiger partial charge is 0.508 e. The van der Waals surface area contributed by atoms with Crippen molar-refractivity contribution in [1.82, 2.24) is 20.4 Å². The highest BCUT2D eigenvalue weighted by atomic mass is 16.3. The van der Waals surface area contributed by atoms with E-state index in [1.165, 1.54) is 0 Å². The number of quaternary nitrogens is 1. The molecule has 9 nitrogen and oxygen atoms in total. The number of hydrogen-bond acceptors (Lipinski definition) is 5. The third-order valence-corrected chi connectivity index (χ3v) is 7.64. The number of phenols is 1. The number of phenolic OH excluding ortho intramolecular Hbond substituents is 1. The van der Waals surface area contributed by atoms with Crippen LogP contribution in [0.25, 0.3) is 0 Å². The van der Waals surface area contributed by atoms with Gasteiger partial charge in [0.05, 0.1) is 39.6 Å². The lowest BCUT2D eigenvalue weighted by atomic mass is 9.92. The third kappa shape index (κ3) is 8.17. The van der Waals surface area contributed by atoms with E-state index < -0.39 is 24.0 Å². The van der Waals surface area contributed by atoms with E-state index in [4.69, 9.17) is 0 Å². The number of aromatic hydroxyl groups is 1. The summed E-state index contributed by atoms with van der Waals surface area (Å²) in [5.41, 5.74) is 0.765. The number of unbranched alkanes of at least 4 members (excludes halogenated alkanes) is 4. The SMILES string of the molecule is CN(C)CCCCCCNC(=O)[C@H]1C[C@H]2C(=O)N[C@@H](CCCC[N+](C)(C)C)C(=O)N2[C@H]1c1ccc(O)cc1. The molecule has 0 aromatic heterocycles. The lowest BCUT2D eigenvalue weighted by Crippen LogP contribution is -2.61. The second-order valence-corrected chi connectivity index (χ2v) is 12.2. The molecule has 2 aliphatic rings. The van der Waals surface area contributed by atoms with Crippen molar-refractivity contribution in [2.24, 2.45) is 5.92 Å². The predicted molar refractivity (Wildman–Crippen MR) is 148 cm³/mol. The zero-order chi connectivity index (χ0) is 27.9. The van der Waals surface area contributed by atoms with Crippen LogP contribution in [-0.2, 0) is 14.4 Å². The Labute approximate surface area is 228 Å². The maximum atomic E-state index is 13.7. The van der Waals surface area contributed by atoms with Crippen LogP contribution < -0.4 is 10.6 Å². The van der Waals surface area contributed by atoms with Gasteiger partial charge in [-0.05, 0) is 76.9 Å².